The van der Waals surface area contributed by atoms with Crippen molar-refractivity contribution in [3.63, 3.8) is 0 Å². The molecular formula is C68H41NS3. The molecule has 2 spiro atoms. The van der Waals surface area contributed by atoms with Gasteiger partial charge in [0.05, 0.1) is 10.8 Å². The third-order valence-corrected chi connectivity index (χ3v) is 19.5. The molecule has 1 aromatic heterocycles. The molecule has 16 rings (SSSR count). The topological polar surface area (TPSA) is 3.24 Å². The summed E-state index contributed by atoms with van der Waals surface area (Å²) in [6.45, 7) is 0. The van der Waals surface area contributed by atoms with Gasteiger partial charge in [-0.05, 0) is 145 Å². The fourth-order valence-corrected chi connectivity index (χ4v) is 16.8. The van der Waals surface area contributed by atoms with Crippen molar-refractivity contribution in [1.29, 1.82) is 0 Å². The van der Waals surface area contributed by atoms with Crippen molar-refractivity contribution < 1.29 is 0 Å². The first-order chi connectivity index (χ1) is 35.7. The molecule has 4 aliphatic rings. The average Bonchev–Trinajstić information content (AvgIpc) is 4.07. The van der Waals surface area contributed by atoms with Crippen molar-refractivity contribution in [3.8, 4) is 33.4 Å². The fraction of sp³-hybridized carbons (Fsp3) is 0.0294. The van der Waals surface area contributed by atoms with Crippen LogP contribution in [0, 0.1) is 0 Å². The molecule has 0 saturated carbocycles. The second-order valence-electron chi connectivity index (χ2n) is 19.4. The number of benzene rings is 11. The predicted molar refractivity (Wildman–Crippen MR) is 302 cm³/mol. The van der Waals surface area contributed by atoms with Crippen molar-refractivity contribution >= 4 is 72.1 Å². The minimum absolute atomic E-state index is 0.504. The Morgan fingerprint density at radius 3 is 1.18 bits per heavy atom. The van der Waals surface area contributed by atoms with E-state index in [0.29, 0.717) is 0 Å². The van der Waals surface area contributed by atoms with Gasteiger partial charge in [-0.15, -0.1) is 11.3 Å². The van der Waals surface area contributed by atoms with Gasteiger partial charge in [0.15, 0.2) is 0 Å². The lowest BCUT2D eigenvalue weighted by molar-refractivity contribution is 0.721. The molecule has 0 atom stereocenters. The molecule has 2 aliphatic heterocycles. The molecule has 0 unspecified atom stereocenters. The van der Waals surface area contributed by atoms with Gasteiger partial charge >= 0.3 is 0 Å². The Bertz CT molecular complexity index is 3970. The van der Waals surface area contributed by atoms with Gasteiger partial charge in [0.25, 0.3) is 0 Å². The van der Waals surface area contributed by atoms with Gasteiger partial charge in [0.1, 0.15) is 0 Å². The molecule has 0 radical (unpaired) electrons. The second-order valence-corrected chi connectivity index (χ2v) is 22.6. The molecule has 0 N–H and O–H groups in total. The molecule has 1 nitrogen and oxygen atoms in total. The maximum absolute atomic E-state index is 2.53. The van der Waals surface area contributed by atoms with Gasteiger partial charge in [-0.1, -0.05) is 206 Å². The van der Waals surface area contributed by atoms with Crippen LogP contribution in [0.4, 0.5) is 17.1 Å². The van der Waals surface area contributed by atoms with Crippen LogP contribution in [0.5, 0.6) is 0 Å². The smallest absolute Gasteiger partial charge is 0.0736 e. The number of nitrogens with zero attached hydrogens (tertiary/aromatic N) is 1. The number of rotatable bonds is 4. The largest absolute Gasteiger partial charge is 0.310 e. The third kappa shape index (κ3) is 5.41. The van der Waals surface area contributed by atoms with E-state index in [1.165, 1.54) is 118 Å². The maximum Gasteiger partial charge on any atom is 0.0736 e. The summed E-state index contributed by atoms with van der Waals surface area (Å²) >= 11 is 5.68. The third-order valence-electron chi connectivity index (χ3n) is 16.0. The summed E-state index contributed by atoms with van der Waals surface area (Å²) in [6.07, 6.45) is 0. The number of anilines is 3. The van der Waals surface area contributed by atoms with E-state index in [-0.39, 0.29) is 0 Å². The van der Waals surface area contributed by atoms with Gasteiger partial charge in [-0.25, -0.2) is 0 Å². The molecular weight excluding hydrogens is 927 g/mol. The van der Waals surface area contributed by atoms with E-state index >= 15 is 0 Å². The monoisotopic (exact) mass is 967 g/mol. The van der Waals surface area contributed by atoms with E-state index in [2.05, 4.69) is 254 Å². The highest BCUT2D eigenvalue weighted by atomic mass is 32.2. The minimum atomic E-state index is -0.504. The SMILES string of the molecule is c1ccc2c(c1)Sc1ccccc1C21c2ccccc2-c2ccc(N(c3ccc(-c4cccc5c4sc4ccccc45)cc3)c3ccc4c(c3)C3(c5ccccc5Sc5ccccc53)c3ccccc3-4)cc21. The van der Waals surface area contributed by atoms with Gasteiger partial charge in [0.2, 0.25) is 0 Å². The standard InChI is InChI=1S/C68H41NS3/c1-4-21-53-47(16-1)49-38-36-44(40-59(49)67(53)55-23-6-11-28-62(55)70-63-29-12-7-24-56(63)67)69(43-34-32-42(33-35-43)46-19-15-20-52-51-18-3-10-27-61(51)72-66(46)52)45-37-39-50-48-17-2-5-22-54(48)68(60(50)41-45)57-25-8-13-30-64(57)71-65-31-14-9-26-58(65)68/h1-41H. The average molecular weight is 968 g/mol. The highest BCUT2D eigenvalue weighted by molar-refractivity contribution is 7.99. The lowest BCUT2D eigenvalue weighted by Gasteiger charge is -2.40. The molecule has 336 valence electrons. The normalized spacial score (nSPS) is 14.5. The van der Waals surface area contributed by atoms with E-state index < -0.39 is 10.8 Å². The van der Waals surface area contributed by atoms with Crippen molar-refractivity contribution in [1.82, 2.24) is 0 Å². The quantitative estimate of drug-likeness (QED) is 0.173. The number of hydrogen-bond acceptors (Lipinski definition) is 4. The summed E-state index contributed by atoms with van der Waals surface area (Å²) in [7, 11) is 0. The number of thiophene rings is 1. The zero-order valence-electron chi connectivity index (χ0n) is 38.8. The Kier molecular flexibility index (Phi) is 8.69. The van der Waals surface area contributed by atoms with Crippen LogP contribution in [0.1, 0.15) is 44.5 Å². The summed E-state index contributed by atoms with van der Waals surface area (Å²) in [6, 6.07) is 94.3. The lowest BCUT2D eigenvalue weighted by Crippen LogP contribution is -2.32. The fourth-order valence-electron chi connectivity index (χ4n) is 13.2. The summed E-state index contributed by atoms with van der Waals surface area (Å²) in [4.78, 5) is 7.75. The molecule has 0 saturated heterocycles. The summed E-state index contributed by atoms with van der Waals surface area (Å²) in [5.41, 5.74) is 20.7. The van der Waals surface area contributed by atoms with Crippen molar-refractivity contribution in [2.75, 3.05) is 4.90 Å². The molecule has 0 amide bonds. The molecule has 11 aromatic carbocycles. The number of hydrogen-bond donors (Lipinski definition) is 0. The van der Waals surface area contributed by atoms with Crippen LogP contribution in [0.15, 0.2) is 268 Å². The van der Waals surface area contributed by atoms with E-state index in [9.17, 15) is 0 Å². The molecule has 2 aliphatic carbocycles. The molecule has 12 aromatic rings. The van der Waals surface area contributed by atoms with Crippen molar-refractivity contribution in [2.24, 2.45) is 0 Å². The zero-order valence-corrected chi connectivity index (χ0v) is 41.3. The molecule has 72 heavy (non-hydrogen) atoms. The van der Waals surface area contributed by atoms with Crippen LogP contribution in [-0.4, -0.2) is 0 Å². The van der Waals surface area contributed by atoms with Gasteiger partial charge in [-0.2, -0.15) is 0 Å². The minimum Gasteiger partial charge on any atom is -0.310 e. The van der Waals surface area contributed by atoms with E-state index in [1.807, 2.05) is 34.9 Å². The molecule has 4 heteroatoms. The van der Waals surface area contributed by atoms with E-state index in [4.69, 9.17) is 0 Å². The highest BCUT2D eigenvalue weighted by Crippen LogP contribution is 2.65. The van der Waals surface area contributed by atoms with E-state index in [0.717, 1.165) is 17.1 Å². The first-order valence-electron chi connectivity index (χ1n) is 24.7. The van der Waals surface area contributed by atoms with Crippen LogP contribution in [-0.2, 0) is 10.8 Å². The van der Waals surface area contributed by atoms with Crippen LogP contribution in [0.3, 0.4) is 0 Å². The molecule has 3 heterocycles. The van der Waals surface area contributed by atoms with Crippen molar-refractivity contribution in [2.45, 2.75) is 30.4 Å². The Morgan fingerprint density at radius 2 is 0.667 bits per heavy atom. The van der Waals surface area contributed by atoms with Gasteiger partial charge in [-0.3, -0.25) is 0 Å². The molecule has 0 fully saturated rings. The Hall–Kier alpha value is -7.86. The first-order valence-corrected chi connectivity index (χ1v) is 27.2. The lowest BCUT2D eigenvalue weighted by atomic mass is 9.67. The summed E-state index contributed by atoms with van der Waals surface area (Å²) in [5.74, 6) is 0. The first kappa shape index (κ1) is 40.8. The van der Waals surface area contributed by atoms with Gasteiger partial charge in [0, 0.05) is 56.8 Å². The zero-order chi connectivity index (χ0) is 47.1. The predicted octanol–water partition coefficient (Wildman–Crippen LogP) is 18.8. The van der Waals surface area contributed by atoms with E-state index in [1.54, 1.807) is 0 Å². The van der Waals surface area contributed by atoms with Crippen LogP contribution in [0.2, 0.25) is 0 Å². The summed E-state index contributed by atoms with van der Waals surface area (Å²) < 4.78 is 2.65. The highest BCUT2D eigenvalue weighted by Gasteiger charge is 2.52. The number of fused-ring (bicyclic) bond motifs is 21. The van der Waals surface area contributed by atoms with Crippen LogP contribution < -0.4 is 4.90 Å². The van der Waals surface area contributed by atoms with Crippen molar-refractivity contribution in [3.05, 3.63) is 293 Å². The second kappa shape index (κ2) is 15.3. The summed E-state index contributed by atoms with van der Waals surface area (Å²) in [5, 5.41) is 2.63. The Balaban J connectivity index is 0.954. The maximum atomic E-state index is 2.53. The Labute approximate surface area is 431 Å². The van der Waals surface area contributed by atoms with Gasteiger partial charge < -0.3 is 4.90 Å². The Morgan fingerprint density at radius 1 is 0.278 bits per heavy atom. The van der Waals surface area contributed by atoms with Crippen LogP contribution >= 0.6 is 34.9 Å². The van der Waals surface area contributed by atoms with Crippen LogP contribution in [0.25, 0.3) is 53.6 Å². The molecule has 0 bridgehead atoms.